The van der Waals surface area contributed by atoms with Crippen molar-refractivity contribution in [3.63, 3.8) is 0 Å². The quantitative estimate of drug-likeness (QED) is 0.805. The molecule has 1 aliphatic rings. The molecule has 1 amide bonds. The van der Waals surface area contributed by atoms with E-state index in [-0.39, 0.29) is 12.3 Å². The lowest BCUT2D eigenvalue weighted by Gasteiger charge is -2.33. The van der Waals surface area contributed by atoms with E-state index in [4.69, 9.17) is 0 Å². The Labute approximate surface area is 165 Å². The Bertz CT molecular complexity index is 910. The number of nitrogens with one attached hydrogen (secondary N) is 1. The van der Waals surface area contributed by atoms with Gasteiger partial charge in [0, 0.05) is 13.1 Å². The van der Waals surface area contributed by atoms with Gasteiger partial charge in [-0.25, -0.2) is 12.8 Å². The van der Waals surface area contributed by atoms with Crippen LogP contribution in [0.1, 0.15) is 25.3 Å². The van der Waals surface area contributed by atoms with E-state index in [9.17, 15) is 17.6 Å². The number of sulfonamides is 1. The fraction of sp³-hybridized carbons (Fsp3) is 0.381. The van der Waals surface area contributed by atoms with Gasteiger partial charge in [0.1, 0.15) is 16.8 Å². The van der Waals surface area contributed by atoms with Gasteiger partial charge in [-0.1, -0.05) is 49.4 Å². The molecule has 0 aliphatic carbocycles. The number of carbonyl (C=O) groups excluding carboxylic acids is 1. The van der Waals surface area contributed by atoms with Gasteiger partial charge in [-0.3, -0.25) is 4.79 Å². The minimum atomic E-state index is -4.18. The summed E-state index contributed by atoms with van der Waals surface area (Å²) in [4.78, 5) is 14.4. The van der Waals surface area contributed by atoms with Crippen LogP contribution in [0.15, 0.2) is 59.5 Å². The molecule has 0 aromatic heterocycles. The Kier molecular flexibility index (Phi) is 6.46. The van der Waals surface area contributed by atoms with Gasteiger partial charge >= 0.3 is 0 Å². The molecule has 1 N–H and O–H groups in total. The number of halogens is 1. The maximum Gasteiger partial charge on any atom is 0.244 e. The van der Waals surface area contributed by atoms with Gasteiger partial charge in [0.25, 0.3) is 0 Å². The summed E-state index contributed by atoms with van der Waals surface area (Å²) in [5.74, 6) is -0.560. The Morgan fingerprint density at radius 2 is 1.71 bits per heavy atom. The number of likely N-dealkylation sites (tertiary alicyclic amines) is 1. The lowest BCUT2D eigenvalue weighted by molar-refractivity contribution is -0.134. The van der Waals surface area contributed by atoms with Crippen LogP contribution >= 0.6 is 0 Å². The molecule has 2 aromatic rings. The molecule has 150 valence electrons. The van der Waals surface area contributed by atoms with Crippen molar-refractivity contribution in [3.8, 4) is 0 Å². The van der Waals surface area contributed by atoms with Crippen molar-refractivity contribution in [1.29, 1.82) is 0 Å². The van der Waals surface area contributed by atoms with Crippen LogP contribution in [-0.4, -0.2) is 38.4 Å². The SMILES string of the molecule is CC1CCN(C(=O)[C@H](Cc2ccccc2)NS(=O)(=O)c2ccccc2F)CC1. The van der Waals surface area contributed by atoms with Crippen LogP contribution in [-0.2, 0) is 21.2 Å². The van der Waals surface area contributed by atoms with E-state index < -0.39 is 26.8 Å². The molecule has 1 aliphatic heterocycles. The van der Waals surface area contributed by atoms with E-state index in [2.05, 4.69) is 11.6 Å². The maximum absolute atomic E-state index is 14.0. The van der Waals surface area contributed by atoms with Crippen molar-refractivity contribution in [2.24, 2.45) is 5.92 Å². The molecule has 0 radical (unpaired) electrons. The molecule has 0 bridgehead atoms. The molecule has 7 heteroatoms. The Morgan fingerprint density at radius 3 is 2.36 bits per heavy atom. The fourth-order valence-electron chi connectivity index (χ4n) is 3.39. The van der Waals surface area contributed by atoms with Gasteiger partial charge in [0.05, 0.1) is 0 Å². The summed E-state index contributed by atoms with van der Waals surface area (Å²) in [5, 5.41) is 0. The zero-order valence-corrected chi connectivity index (χ0v) is 16.7. The van der Waals surface area contributed by atoms with E-state index in [1.54, 1.807) is 4.90 Å². The Balaban J connectivity index is 1.85. The summed E-state index contributed by atoms with van der Waals surface area (Å²) in [7, 11) is -4.18. The summed E-state index contributed by atoms with van der Waals surface area (Å²) in [6, 6.07) is 13.4. The average Bonchev–Trinajstić information content (AvgIpc) is 2.68. The monoisotopic (exact) mass is 404 g/mol. The summed E-state index contributed by atoms with van der Waals surface area (Å²) in [6.45, 7) is 3.35. The molecule has 0 spiro atoms. The van der Waals surface area contributed by atoms with Crippen LogP contribution in [0, 0.1) is 11.7 Å². The van der Waals surface area contributed by atoms with Gasteiger partial charge in [0.2, 0.25) is 15.9 Å². The number of nitrogens with zero attached hydrogens (tertiary/aromatic N) is 1. The molecule has 1 fully saturated rings. The van der Waals surface area contributed by atoms with Crippen LogP contribution in [0.4, 0.5) is 4.39 Å². The second-order valence-electron chi connectivity index (χ2n) is 7.30. The van der Waals surface area contributed by atoms with Crippen LogP contribution in [0.3, 0.4) is 0 Å². The number of amides is 1. The molecular formula is C21H25FN2O3S. The lowest BCUT2D eigenvalue weighted by atomic mass is 9.98. The summed E-state index contributed by atoms with van der Waals surface area (Å²) >= 11 is 0. The van der Waals surface area contributed by atoms with E-state index >= 15 is 0 Å². The molecule has 1 heterocycles. The van der Waals surface area contributed by atoms with Gasteiger partial charge in [-0.2, -0.15) is 4.72 Å². The summed E-state index contributed by atoms with van der Waals surface area (Å²) in [6.07, 6.45) is 1.99. The van der Waals surface area contributed by atoms with Gasteiger partial charge in [-0.15, -0.1) is 0 Å². The highest BCUT2D eigenvalue weighted by Crippen LogP contribution is 2.19. The van der Waals surface area contributed by atoms with Gasteiger partial charge < -0.3 is 4.90 Å². The number of hydrogen-bond acceptors (Lipinski definition) is 3. The third-order valence-electron chi connectivity index (χ3n) is 5.10. The van der Waals surface area contributed by atoms with E-state index in [1.165, 1.54) is 18.2 Å². The average molecular weight is 405 g/mol. The highest BCUT2D eigenvalue weighted by molar-refractivity contribution is 7.89. The molecule has 2 aromatic carbocycles. The smallest absolute Gasteiger partial charge is 0.244 e. The van der Waals surface area contributed by atoms with E-state index in [0.29, 0.717) is 19.0 Å². The predicted octanol–water partition coefficient (Wildman–Crippen LogP) is 2.97. The first-order valence-electron chi connectivity index (χ1n) is 9.46. The number of rotatable bonds is 6. The number of carbonyl (C=O) groups is 1. The molecule has 1 atom stereocenters. The van der Waals surface area contributed by atoms with Crippen LogP contribution < -0.4 is 4.72 Å². The van der Waals surface area contributed by atoms with E-state index in [0.717, 1.165) is 24.5 Å². The minimum absolute atomic E-state index is 0.208. The zero-order valence-electron chi connectivity index (χ0n) is 15.8. The number of piperidine rings is 1. The van der Waals surface area contributed by atoms with Crippen molar-refractivity contribution in [3.05, 3.63) is 66.0 Å². The summed E-state index contributed by atoms with van der Waals surface area (Å²) in [5.41, 5.74) is 0.836. The Hall–Kier alpha value is -2.25. The fourth-order valence-corrected chi connectivity index (χ4v) is 4.66. The Morgan fingerprint density at radius 1 is 1.11 bits per heavy atom. The van der Waals surface area contributed by atoms with Crippen molar-refractivity contribution < 1.29 is 17.6 Å². The lowest BCUT2D eigenvalue weighted by Crippen LogP contribution is -2.51. The molecular weight excluding hydrogens is 379 g/mol. The molecule has 0 saturated carbocycles. The largest absolute Gasteiger partial charge is 0.341 e. The third-order valence-corrected chi connectivity index (χ3v) is 6.60. The highest BCUT2D eigenvalue weighted by Gasteiger charge is 2.32. The van der Waals surface area contributed by atoms with Crippen molar-refractivity contribution in [2.75, 3.05) is 13.1 Å². The molecule has 1 saturated heterocycles. The summed E-state index contributed by atoms with van der Waals surface area (Å²) < 4.78 is 42.0. The van der Waals surface area contributed by atoms with Crippen molar-refractivity contribution in [2.45, 2.75) is 37.1 Å². The number of benzene rings is 2. The zero-order chi connectivity index (χ0) is 20.1. The first-order valence-corrected chi connectivity index (χ1v) is 10.9. The van der Waals surface area contributed by atoms with Crippen LogP contribution in [0.25, 0.3) is 0 Å². The molecule has 28 heavy (non-hydrogen) atoms. The first-order chi connectivity index (χ1) is 13.4. The standard InChI is InChI=1S/C21H25FN2O3S/c1-16-11-13-24(14-12-16)21(25)19(15-17-7-3-2-4-8-17)23-28(26,27)20-10-6-5-9-18(20)22/h2-10,16,19,23H,11-15H2,1H3/t19-/m0/s1. The number of hydrogen-bond donors (Lipinski definition) is 1. The van der Waals surface area contributed by atoms with Crippen molar-refractivity contribution in [1.82, 2.24) is 9.62 Å². The highest BCUT2D eigenvalue weighted by atomic mass is 32.2. The minimum Gasteiger partial charge on any atom is -0.341 e. The van der Waals surface area contributed by atoms with Crippen LogP contribution in [0.2, 0.25) is 0 Å². The molecule has 0 unspecified atom stereocenters. The predicted molar refractivity (Wildman–Crippen MR) is 106 cm³/mol. The van der Waals surface area contributed by atoms with E-state index in [1.807, 2.05) is 30.3 Å². The van der Waals surface area contributed by atoms with Gasteiger partial charge in [0.15, 0.2) is 0 Å². The topological polar surface area (TPSA) is 66.5 Å². The maximum atomic E-state index is 14.0. The first kappa shape index (κ1) is 20.5. The second kappa shape index (κ2) is 8.84. The van der Waals surface area contributed by atoms with Crippen LogP contribution in [0.5, 0.6) is 0 Å². The molecule has 3 rings (SSSR count). The molecule has 5 nitrogen and oxygen atoms in total. The second-order valence-corrected chi connectivity index (χ2v) is 8.98. The normalized spacial score (nSPS) is 16.7. The third kappa shape index (κ3) is 4.97. The van der Waals surface area contributed by atoms with Crippen molar-refractivity contribution >= 4 is 15.9 Å². The van der Waals surface area contributed by atoms with Gasteiger partial charge in [-0.05, 0) is 42.9 Å².